The second-order valence-corrected chi connectivity index (χ2v) is 10.2. The van der Waals surface area contributed by atoms with E-state index in [4.69, 9.17) is 19.9 Å². The van der Waals surface area contributed by atoms with Gasteiger partial charge < -0.3 is 29.6 Å². The van der Waals surface area contributed by atoms with E-state index in [0.717, 1.165) is 12.0 Å². The molecule has 0 amide bonds. The summed E-state index contributed by atoms with van der Waals surface area (Å²) in [7, 11) is 1.64. The fourth-order valence-corrected chi connectivity index (χ4v) is 6.61. The molecular formula is C23H31N5O5. The molecule has 1 saturated heterocycles. The number of hydrogen-bond donors (Lipinski definition) is 2. The summed E-state index contributed by atoms with van der Waals surface area (Å²) < 4.78 is 20.2. The lowest BCUT2D eigenvalue weighted by atomic mass is 9.47. The molecule has 1 unspecified atom stereocenters. The van der Waals surface area contributed by atoms with E-state index < -0.39 is 24.1 Å². The van der Waals surface area contributed by atoms with Gasteiger partial charge in [-0.25, -0.2) is 15.0 Å². The van der Waals surface area contributed by atoms with Crippen LogP contribution in [-0.2, 0) is 19.0 Å². The largest absolute Gasteiger partial charge is 0.459 e. The van der Waals surface area contributed by atoms with Gasteiger partial charge >= 0.3 is 5.97 Å². The number of anilines is 1. The van der Waals surface area contributed by atoms with Crippen LogP contribution in [0.2, 0.25) is 0 Å². The average molecular weight is 458 g/mol. The summed E-state index contributed by atoms with van der Waals surface area (Å²) in [6.45, 7) is 7.62. The summed E-state index contributed by atoms with van der Waals surface area (Å²) in [5.41, 5.74) is 7.01. The van der Waals surface area contributed by atoms with Crippen molar-refractivity contribution in [2.24, 2.45) is 17.3 Å². The lowest BCUT2D eigenvalue weighted by Gasteiger charge is -2.61. The van der Waals surface area contributed by atoms with E-state index in [0.29, 0.717) is 23.4 Å². The van der Waals surface area contributed by atoms with Crippen molar-refractivity contribution >= 4 is 23.0 Å². The SMILES string of the molecule is CO[C@@H]1/C=C(\C)C[C@H](OC(C)=O)[C@]23OC(O)[C@H]([C@H]1n1cnc4c(N)ncnc41)[C@H]2CC3(C)C. The Morgan fingerprint density at radius 2 is 2.09 bits per heavy atom. The Morgan fingerprint density at radius 1 is 1.33 bits per heavy atom. The molecule has 10 nitrogen and oxygen atoms in total. The molecule has 1 aliphatic heterocycles. The Balaban J connectivity index is 1.71. The normalized spacial score (nSPS) is 38.9. The molecule has 1 saturated carbocycles. The van der Waals surface area contributed by atoms with Gasteiger partial charge in [0.2, 0.25) is 0 Å². The molecule has 2 bridgehead atoms. The first-order valence-electron chi connectivity index (χ1n) is 11.3. The number of ether oxygens (including phenoxy) is 3. The number of imidazole rings is 1. The van der Waals surface area contributed by atoms with Gasteiger partial charge in [-0.05, 0) is 18.8 Å². The van der Waals surface area contributed by atoms with Crippen molar-refractivity contribution in [1.82, 2.24) is 19.5 Å². The third kappa shape index (κ3) is 3.04. The van der Waals surface area contributed by atoms with Gasteiger partial charge in [0.05, 0.1) is 18.5 Å². The molecule has 3 N–H and O–H groups in total. The maximum atomic E-state index is 12.1. The molecule has 10 heteroatoms. The highest BCUT2D eigenvalue weighted by atomic mass is 16.7. The van der Waals surface area contributed by atoms with E-state index in [-0.39, 0.29) is 29.3 Å². The van der Waals surface area contributed by atoms with E-state index in [2.05, 4.69) is 28.8 Å². The third-order valence-corrected chi connectivity index (χ3v) is 7.90. The van der Waals surface area contributed by atoms with Crippen molar-refractivity contribution < 1.29 is 24.1 Å². The van der Waals surface area contributed by atoms with Crippen molar-refractivity contribution in [3.8, 4) is 0 Å². The first-order chi connectivity index (χ1) is 15.6. The Hall–Kier alpha value is -2.56. The first-order valence-corrected chi connectivity index (χ1v) is 11.3. The van der Waals surface area contributed by atoms with Crippen molar-refractivity contribution in [3.63, 3.8) is 0 Å². The van der Waals surface area contributed by atoms with E-state index in [1.165, 1.54) is 13.3 Å². The van der Waals surface area contributed by atoms with Crippen LogP contribution >= 0.6 is 0 Å². The van der Waals surface area contributed by atoms with Gasteiger partial charge in [-0.3, -0.25) is 4.79 Å². The van der Waals surface area contributed by atoms with Crippen LogP contribution in [0.4, 0.5) is 5.82 Å². The zero-order chi connectivity index (χ0) is 23.7. The van der Waals surface area contributed by atoms with E-state index in [9.17, 15) is 9.90 Å². The highest BCUT2D eigenvalue weighted by molar-refractivity contribution is 5.81. The summed E-state index contributed by atoms with van der Waals surface area (Å²) >= 11 is 0. The molecule has 178 valence electrons. The Bertz CT molecular complexity index is 1130. The number of aliphatic hydroxyl groups excluding tert-OH is 1. The maximum Gasteiger partial charge on any atom is 0.303 e. The van der Waals surface area contributed by atoms with Crippen molar-refractivity contribution in [2.75, 3.05) is 12.8 Å². The summed E-state index contributed by atoms with van der Waals surface area (Å²) in [5.74, 6) is -0.487. The van der Waals surface area contributed by atoms with Gasteiger partial charge in [0.15, 0.2) is 17.8 Å². The fraction of sp³-hybridized carbons (Fsp3) is 0.652. The summed E-state index contributed by atoms with van der Waals surface area (Å²) in [5, 5.41) is 11.3. The minimum Gasteiger partial charge on any atom is -0.459 e. The molecule has 3 aliphatic rings. The number of hydrogen-bond acceptors (Lipinski definition) is 9. The van der Waals surface area contributed by atoms with Gasteiger partial charge in [0.1, 0.15) is 23.5 Å². The molecule has 0 aromatic carbocycles. The van der Waals surface area contributed by atoms with E-state index in [1.807, 2.05) is 17.6 Å². The highest BCUT2D eigenvalue weighted by Crippen LogP contribution is 2.68. The molecule has 2 aliphatic carbocycles. The van der Waals surface area contributed by atoms with Crippen LogP contribution in [0.1, 0.15) is 46.6 Å². The second kappa shape index (κ2) is 7.48. The molecule has 33 heavy (non-hydrogen) atoms. The number of methoxy groups -OCH3 is 1. The smallest absolute Gasteiger partial charge is 0.303 e. The first kappa shape index (κ1) is 22.2. The van der Waals surface area contributed by atoms with Gasteiger partial charge in [-0.1, -0.05) is 25.5 Å². The highest BCUT2D eigenvalue weighted by Gasteiger charge is 2.75. The Labute approximate surface area is 192 Å². The van der Waals surface area contributed by atoms with Crippen LogP contribution in [0.3, 0.4) is 0 Å². The van der Waals surface area contributed by atoms with Crippen molar-refractivity contribution in [3.05, 3.63) is 24.3 Å². The van der Waals surface area contributed by atoms with Gasteiger partial charge in [-0.15, -0.1) is 0 Å². The van der Waals surface area contributed by atoms with Gasteiger partial charge in [-0.2, -0.15) is 0 Å². The molecule has 0 spiro atoms. The average Bonchev–Trinajstić information content (AvgIpc) is 3.27. The second-order valence-electron chi connectivity index (χ2n) is 10.2. The molecule has 5 rings (SSSR count). The lowest BCUT2D eigenvalue weighted by Crippen LogP contribution is -2.68. The summed E-state index contributed by atoms with van der Waals surface area (Å²) in [6, 6.07) is -0.377. The topological polar surface area (TPSA) is 135 Å². The number of fused-ring (bicyclic) bond motifs is 1. The zero-order valence-corrected chi connectivity index (χ0v) is 19.6. The van der Waals surface area contributed by atoms with Crippen LogP contribution in [-0.4, -0.2) is 61.8 Å². The van der Waals surface area contributed by atoms with Crippen LogP contribution in [0.15, 0.2) is 24.3 Å². The number of carbonyl (C=O) groups excluding carboxylic acids is 1. The lowest BCUT2D eigenvalue weighted by molar-refractivity contribution is -0.276. The number of aliphatic hydroxyl groups is 1. The minimum atomic E-state index is -1.08. The van der Waals surface area contributed by atoms with Gasteiger partial charge in [0.25, 0.3) is 0 Å². The van der Waals surface area contributed by atoms with Crippen LogP contribution in [0, 0.1) is 17.3 Å². The number of nitrogen functional groups attached to an aromatic ring is 1. The van der Waals surface area contributed by atoms with Crippen LogP contribution < -0.4 is 5.73 Å². The van der Waals surface area contributed by atoms with E-state index >= 15 is 0 Å². The molecule has 2 aromatic heterocycles. The summed E-state index contributed by atoms with van der Waals surface area (Å²) in [4.78, 5) is 25.0. The number of rotatable bonds is 3. The van der Waals surface area contributed by atoms with Crippen LogP contribution in [0.25, 0.3) is 11.2 Å². The third-order valence-electron chi connectivity index (χ3n) is 7.90. The predicted octanol–water partition coefficient (Wildman–Crippen LogP) is 2.00. The number of nitrogens with zero attached hydrogens (tertiary/aromatic N) is 4. The van der Waals surface area contributed by atoms with Crippen molar-refractivity contribution in [2.45, 2.75) is 70.7 Å². The molecule has 0 radical (unpaired) electrons. The fourth-order valence-electron chi connectivity index (χ4n) is 6.61. The Morgan fingerprint density at radius 3 is 2.76 bits per heavy atom. The molecule has 3 heterocycles. The quantitative estimate of drug-likeness (QED) is 0.524. The monoisotopic (exact) mass is 457 g/mol. The molecule has 2 fully saturated rings. The standard InChI is InChI=1S/C23H31N5O5/c1-11-6-14(31-5)18(28-10-27-17-19(24)25-9-26-20(17)28)16-13-8-22(3,4)23(13,33-21(16)30)15(7-11)32-12(2)29/h6,9-10,13-16,18,21,30H,7-8H2,1-5H3,(H2,24,25,26)/b11-6+/t13-,14-,15+,16+,18+,21?,23-/m1/s1. The minimum absolute atomic E-state index is 0.0644. The zero-order valence-electron chi connectivity index (χ0n) is 19.6. The Kier molecular flexibility index (Phi) is 5.04. The summed E-state index contributed by atoms with van der Waals surface area (Å²) in [6.07, 6.45) is 4.41. The maximum absolute atomic E-state index is 12.1. The van der Waals surface area contributed by atoms with Gasteiger partial charge in [0, 0.05) is 32.3 Å². The molecule has 7 atom stereocenters. The van der Waals surface area contributed by atoms with Crippen LogP contribution in [0.5, 0.6) is 0 Å². The molecular weight excluding hydrogens is 426 g/mol. The predicted molar refractivity (Wildman–Crippen MR) is 119 cm³/mol. The van der Waals surface area contributed by atoms with Crippen molar-refractivity contribution in [1.29, 1.82) is 0 Å². The number of nitrogens with two attached hydrogens (primary N) is 1. The molecule has 2 aromatic rings. The van der Waals surface area contributed by atoms with E-state index in [1.54, 1.807) is 13.4 Å². The number of carbonyl (C=O) groups is 1. The number of esters is 1. The number of aromatic nitrogens is 4.